The number of sulfonamides is 1. The summed E-state index contributed by atoms with van der Waals surface area (Å²) in [6.07, 6.45) is 0.639. The molecule has 3 nitrogen and oxygen atoms in total. The van der Waals surface area contributed by atoms with Crippen LogP contribution in [-0.2, 0) is 10.0 Å². The Morgan fingerprint density at radius 2 is 2.25 bits per heavy atom. The molecule has 1 aromatic heterocycles. The summed E-state index contributed by atoms with van der Waals surface area (Å²) >= 11 is 10.2. The SMILES string of the molecule is CC(Cl)CCN(C)S(=O)(=O)c1sccc1Br. The maximum Gasteiger partial charge on any atom is 0.253 e. The molecule has 1 aromatic rings. The highest BCUT2D eigenvalue weighted by Crippen LogP contribution is 2.29. The molecule has 0 aliphatic heterocycles. The zero-order valence-electron chi connectivity index (χ0n) is 8.98. The Morgan fingerprint density at radius 1 is 1.62 bits per heavy atom. The maximum atomic E-state index is 12.1. The molecule has 0 saturated carbocycles. The van der Waals surface area contributed by atoms with Gasteiger partial charge in [0.05, 0.1) is 0 Å². The molecular weight excluding hydrogens is 334 g/mol. The largest absolute Gasteiger partial charge is 0.253 e. The van der Waals surface area contributed by atoms with Gasteiger partial charge in [-0.3, -0.25) is 0 Å². The van der Waals surface area contributed by atoms with Crippen molar-refractivity contribution < 1.29 is 8.42 Å². The average molecular weight is 347 g/mol. The molecule has 0 aliphatic carbocycles. The van der Waals surface area contributed by atoms with Crippen LogP contribution in [0.3, 0.4) is 0 Å². The number of nitrogens with zero attached hydrogens (tertiary/aromatic N) is 1. The number of hydrogen-bond acceptors (Lipinski definition) is 3. The third-order valence-electron chi connectivity index (χ3n) is 2.07. The fourth-order valence-corrected chi connectivity index (χ4v) is 4.87. The van der Waals surface area contributed by atoms with Crippen molar-refractivity contribution in [2.24, 2.45) is 0 Å². The van der Waals surface area contributed by atoms with E-state index in [4.69, 9.17) is 11.6 Å². The van der Waals surface area contributed by atoms with Gasteiger partial charge in [0.1, 0.15) is 4.21 Å². The molecule has 92 valence electrons. The molecule has 1 atom stereocenters. The average Bonchev–Trinajstić information content (AvgIpc) is 2.61. The Kier molecular flexibility index (Phi) is 5.25. The van der Waals surface area contributed by atoms with Crippen molar-refractivity contribution in [3.63, 3.8) is 0 Å². The van der Waals surface area contributed by atoms with Gasteiger partial charge in [-0.05, 0) is 40.7 Å². The lowest BCUT2D eigenvalue weighted by molar-refractivity contribution is 0.462. The molecule has 1 unspecified atom stereocenters. The van der Waals surface area contributed by atoms with E-state index in [0.717, 1.165) is 0 Å². The Bertz CT molecular complexity index is 444. The number of hydrogen-bond donors (Lipinski definition) is 0. The van der Waals surface area contributed by atoms with Crippen molar-refractivity contribution in [3.05, 3.63) is 15.9 Å². The van der Waals surface area contributed by atoms with Crippen LogP contribution < -0.4 is 0 Å². The number of rotatable bonds is 5. The summed E-state index contributed by atoms with van der Waals surface area (Å²) in [5.74, 6) is 0. The lowest BCUT2D eigenvalue weighted by atomic mass is 10.3. The van der Waals surface area contributed by atoms with E-state index in [2.05, 4.69) is 15.9 Å². The molecule has 0 bridgehead atoms. The monoisotopic (exact) mass is 345 g/mol. The Labute approximate surface area is 114 Å². The van der Waals surface area contributed by atoms with Gasteiger partial charge in [-0.25, -0.2) is 12.7 Å². The molecule has 0 N–H and O–H groups in total. The van der Waals surface area contributed by atoms with E-state index in [1.807, 2.05) is 6.92 Å². The zero-order valence-corrected chi connectivity index (χ0v) is 13.0. The molecule has 0 spiro atoms. The predicted molar refractivity (Wildman–Crippen MR) is 71.8 cm³/mol. The van der Waals surface area contributed by atoms with E-state index in [-0.39, 0.29) is 5.38 Å². The molecule has 16 heavy (non-hydrogen) atoms. The van der Waals surface area contributed by atoms with Crippen molar-refractivity contribution in [1.82, 2.24) is 4.31 Å². The lowest BCUT2D eigenvalue weighted by Crippen LogP contribution is -2.28. The second kappa shape index (κ2) is 5.82. The van der Waals surface area contributed by atoms with Crippen molar-refractivity contribution in [2.75, 3.05) is 13.6 Å². The summed E-state index contributed by atoms with van der Waals surface area (Å²) < 4.78 is 26.5. The van der Waals surface area contributed by atoms with E-state index in [9.17, 15) is 8.42 Å². The van der Waals surface area contributed by atoms with E-state index in [1.54, 1.807) is 18.5 Å². The van der Waals surface area contributed by atoms with Gasteiger partial charge >= 0.3 is 0 Å². The van der Waals surface area contributed by atoms with Crippen LogP contribution in [0, 0.1) is 0 Å². The van der Waals surface area contributed by atoms with Crippen LogP contribution in [-0.4, -0.2) is 31.7 Å². The topological polar surface area (TPSA) is 37.4 Å². The van der Waals surface area contributed by atoms with Crippen LogP contribution in [0.2, 0.25) is 0 Å². The van der Waals surface area contributed by atoms with E-state index in [1.165, 1.54) is 15.6 Å². The molecule has 7 heteroatoms. The molecule has 0 fully saturated rings. The van der Waals surface area contributed by atoms with Crippen LogP contribution in [0.25, 0.3) is 0 Å². The zero-order chi connectivity index (χ0) is 12.3. The van der Waals surface area contributed by atoms with Crippen LogP contribution in [0.5, 0.6) is 0 Å². The third kappa shape index (κ3) is 3.43. The van der Waals surface area contributed by atoms with Gasteiger partial charge in [-0.2, -0.15) is 0 Å². The smallest absolute Gasteiger partial charge is 0.206 e. The summed E-state index contributed by atoms with van der Waals surface area (Å²) in [7, 11) is -1.81. The molecule has 0 radical (unpaired) electrons. The molecule has 1 heterocycles. The van der Waals surface area contributed by atoms with Crippen molar-refractivity contribution >= 4 is 48.9 Å². The van der Waals surface area contributed by atoms with Gasteiger partial charge in [0, 0.05) is 23.4 Å². The highest BCUT2D eigenvalue weighted by atomic mass is 79.9. The van der Waals surface area contributed by atoms with Gasteiger partial charge < -0.3 is 0 Å². The first kappa shape index (κ1) is 14.4. The summed E-state index contributed by atoms with van der Waals surface area (Å²) in [6.45, 7) is 2.28. The number of alkyl halides is 1. The first-order valence-corrected chi connectivity index (χ1v) is 8.24. The van der Waals surface area contributed by atoms with Crippen LogP contribution in [0.1, 0.15) is 13.3 Å². The fraction of sp³-hybridized carbons (Fsp3) is 0.556. The normalized spacial score (nSPS) is 14.3. The predicted octanol–water partition coefficient (Wildman–Crippen LogP) is 3.15. The second-order valence-corrected chi connectivity index (χ2v) is 8.21. The minimum absolute atomic E-state index is 0.0237. The summed E-state index contributed by atoms with van der Waals surface area (Å²) in [5.41, 5.74) is 0. The van der Waals surface area contributed by atoms with Gasteiger partial charge in [-0.1, -0.05) is 0 Å². The molecule has 1 rings (SSSR count). The minimum atomic E-state index is -3.38. The number of halogens is 2. The van der Waals surface area contributed by atoms with Crippen molar-refractivity contribution in [2.45, 2.75) is 22.9 Å². The Balaban J connectivity index is 2.83. The molecule has 0 amide bonds. The van der Waals surface area contributed by atoms with E-state index < -0.39 is 10.0 Å². The molecule has 0 aromatic carbocycles. The fourth-order valence-electron chi connectivity index (χ4n) is 1.09. The van der Waals surface area contributed by atoms with Crippen LogP contribution >= 0.6 is 38.9 Å². The van der Waals surface area contributed by atoms with Crippen molar-refractivity contribution in [1.29, 1.82) is 0 Å². The van der Waals surface area contributed by atoms with Gasteiger partial charge in [0.15, 0.2) is 0 Å². The van der Waals surface area contributed by atoms with Gasteiger partial charge in [0.2, 0.25) is 0 Å². The summed E-state index contributed by atoms with van der Waals surface area (Å²) in [5, 5.41) is 1.72. The van der Waals surface area contributed by atoms with Crippen LogP contribution in [0.15, 0.2) is 20.1 Å². The quantitative estimate of drug-likeness (QED) is 0.768. The standard InChI is InChI=1S/C9H13BrClNO2S2/c1-7(11)3-5-12(2)16(13,14)9-8(10)4-6-15-9/h4,6-7H,3,5H2,1-2H3. The van der Waals surface area contributed by atoms with Crippen LogP contribution in [0.4, 0.5) is 0 Å². The highest BCUT2D eigenvalue weighted by molar-refractivity contribution is 9.10. The maximum absolute atomic E-state index is 12.1. The first-order valence-electron chi connectivity index (χ1n) is 4.69. The minimum Gasteiger partial charge on any atom is -0.206 e. The molecular formula is C9H13BrClNO2S2. The van der Waals surface area contributed by atoms with Gasteiger partial charge in [-0.15, -0.1) is 22.9 Å². The first-order chi connectivity index (χ1) is 7.35. The summed E-state index contributed by atoms with van der Waals surface area (Å²) in [4.78, 5) is 0. The Morgan fingerprint density at radius 3 is 2.69 bits per heavy atom. The molecule has 0 saturated heterocycles. The van der Waals surface area contributed by atoms with E-state index in [0.29, 0.717) is 21.6 Å². The van der Waals surface area contributed by atoms with E-state index >= 15 is 0 Å². The Hall–Kier alpha value is 0.380. The molecule has 0 aliphatic rings. The second-order valence-electron chi connectivity index (χ2n) is 3.45. The summed E-state index contributed by atoms with van der Waals surface area (Å²) in [6, 6.07) is 1.73. The highest BCUT2D eigenvalue weighted by Gasteiger charge is 2.24. The van der Waals surface area contributed by atoms with Gasteiger partial charge in [0.25, 0.3) is 10.0 Å². The lowest BCUT2D eigenvalue weighted by Gasteiger charge is -2.16. The van der Waals surface area contributed by atoms with Crippen molar-refractivity contribution in [3.8, 4) is 0 Å². The number of thiophene rings is 1. The third-order valence-corrected chi connectivity index (χ3v) is 6.79.